The summed E-state index contributed by atoms with van der Waals surface area (Å²) in [5.41, 5.74) is 5.20. The predicted molar refractivity (Wildman–Crippen MR) is 130 cm³/mol. The summed E-state index contributed by atoms with van der Waals surface area (Å²) >= 11 is 0. The van der Waals surface area contributed by atoms with E-state index in [4.69, 9.17) is 4.74 Å². The second-order valence-electron chi connectivity index (χ2n) is 8.49. The lowest BCUT2D eigenvalue weighted by Gasteiger charge is -2.28. The van der Waals surface area contributed by atoms with Gasteiger partial charge in [0.2, 0.25) is 0 Å². The van der Waals surface area contributed by atoms with Gasteiger partial charge in [0, 0.05) is 24.3 Å². The highest BCUT2D eigenvalue weighted by Crippen LogP contribution is 2.26. The van der Waals surface area contributed by atoms with Crippen LogP contribution >= 0.6 is 0 Å². The number of amides is 2. The summed E-state index contributed by atoms with van der Waals surface area (Å²) in [4.78, 5) is 15.1. The highest BCUT2D eigenvalue weighted by molar-refractivity contribution is 5.74. The van der Waals surface area contributed by atoms with E-state index in [0.717, 1.165) is 41.5 Å². The Morgan fingerprint density at radius 1 is 1.03 bits per heavy atom. The molecule has 1 fully saturated rings. The summed E-state index contributed by atoms with van der Waals surface area (Å²) in [6.07, 6.45) is 2.39. The number of rotatable bonds is 8. The van der Waals surface area contributed by atoms with Crippen molar-refractivity contribution in [3.8, 4) is 11.4 Å². The molecule has 2 heterocycles. The average Bonchev–Trinajstić information content (AvgIpc) is 3.47. The number of carbonyl (C=O) groups is 1. The van der Waals surface area contributed by atoms with Gasteiger partial charge in [-0.3, -0.25) is 4.90 Å². The number of carbonyl (C=O) groups excluding carboxylic acids is 1. The third kappa shape index (κ3) is 5.37. The van der Waals surface area contributed by atoms with Gasteiger partial charge in [0.15, 0.2) is 0 Å². The minimum atomic E-state index is -0.168. The van der Waals surface area contributed by atoms with E-state index in [1.54, 1.807) is 7.11 Å². The van der Waals surface area contributed by atoms with E-state index in [1.165, 1.54) is 18.4 Å². The van der Waals surface area contributed by atoms with Crippen molar-refractivity contribution in [1.29, 1.82) is 0 Å². The molecule has 0 bridgehead atoms. The molecule has 0 aliphatic carbocycles. The van der Waals surface area contributed by atoms with E-state index in [-0.39, 0.29) is 12.1 Å². The number of benzene rings is 2. The molecule has 4 rings (SSSR count). The third-order valence-electron chi connectivity index (χ3n) is 6.41. The number of aromatic nitrogens is 2. The van der Waals surface area contributed by atoms with E-state index >= 15 is 0 Å². The molecule has 33 heavy (non-hydrogen) atoms. The van der Waals surface area contributed by atoms with Crippen LogP contribution < -0.4 is 15.4 Å². The predicted octanol–water partition coefficient (Wildman–Crippen LogP) is 4.13. The molecule has 1 aliphatic heterocycles. The molecule has 0 radical (unpaired) electrons. The number of hydrogen-bond acceptors (Lipinski definition) is 4. The molecule has 2 amide bonds. The lowest BCUT2D eigenvalue weighted by atomic mass is 10.1. The Morgan fingerprint density at radius 2 is 1.73 bits per heavy atom. The van der Waals surface area contributed by atoms with Gasteiger partial charge in [0.05, 0.1) is 24.5 Å². The summed E-state index contributed by atoms with van der Waals surface area (Å²) in [5, 5.41) is 10.8. The third-order valence-corrected chi connectivity index (χ3v) is 6.41. The van der Waals surface area contributed by atoms with Crippen LogP contribution in [0.2, 0.25) is 0 Å². The second-order valence-corrected chi connectivity index (χ2v) is 8.49. The molecular weight excluding hydrogens is 414 g/mol. The molecule has 1 saturated heterocycles. The first-order chi connectivity index (χ1) is 16.1. The zero-order chi connectivity index (χ0) is 23.2. The summed E-state index contributed by atoms with van der Waals surface area (Å²) < 4.78 is 7.22. The van der Waals surface area contributed by atoms with Crippen LogP contribution in [0.1, 0.15) is 41.4 Å². The van der Waals surface area contributed by atoms with Gasteiger partial charge in [0.25, 0.3) is 0 Å². The average molecular weight is 448 g/mol. The van der Waals surface area contributed by atoms with E-state index in [1.807, 2.05) is 61.0 Å². The van der Waals surface area contributed by atoms with Crippen LogP contribution in [0.5, 0.6) is 5.75 Å². The summed E-state index contributed by atoms with van der Waals surface area (Å²) in [7, 11) is 1.67. The first kappa shape index (κ1) is 22.9. The number of nitrogens with zero attached hydrogens (tertiary/aromatic N) is 3. The molecule has 1 aliphatic rings. The number of methoxy groups -OCH3 is 1. The van der Waals surface area contributed by atoms with Crippen molar-refractivity contribution in [2.24, 2.45) is 0 Å². The van der Waals surface area contributed by atoms with Crippen LogP contribution in [0.3, 0.4) is 0 Å². The van der Waals surface area contributed by atoms with Crippen molar-refractivity contribution in [1.82, 2.24) is 25.3 Å². The number of likely N-dealkylation sites (tertiary alicyclic amines) is 1. The molecule has 1 aromatic heterocycles. The Balaban J connectivity index is 1.38. The number of hydrogen-bond donors (Lipinski definition) is 2. The SMILES string of the molecule is COc1ccc(C(CNC(=O)NCc2c(C)nn(-c3ccccc3)c2C)N2CCCC2)cc1. The highest BCUT2D eigenvalue weighted by atomic mass is 16.5. The maximum absolute atomic E-state index is 12.7. The lowest BCUT2D eigenvalue weighted by Crippen LogP contribution is -2.41. The number of nitrogens with one attached hydrogen (secondary N) is 2. The van der Waals surface area contributed by atoms with E-state index < -0.39 is 0 Å². The van der Waals surface area contributed by atoms with Crippen LogP contribution in [0, 0.1) is 13.8 Å². The van der Waals surface area contributed by atoms with E-state index in [0.29, 0.717) is 13.1 Å². The van der Waals surface area contributed by atoms with Gasteiger partial charge >= 0.3 is 6.03 Å². The number of aryl methyl sites for hydroxylation is 1. The normalized spacial score (nSPS) is 14.8. The Labute approximate surface area is 195 Å². The maximum atomic E-state index is 12.7. The van der Waals surface area contributed by atoms with Gasteiger partial charge < -0.3 is 15.4 Å². The zero-order valence-corrected chi connectivity index (χ0v) is 19.7. The zero-order valence-electron chi connectivity index (χ0n) is 19.7. The van der Waals surface area contributed by atoms with E-state index in [2.05, 4.69) is 32.8 Å². The summed E-state index contributed by atoms with van der Waals surface area (Å²) in [5.74, 6) is 0.839. The fourth-order valence-corrected chi connectivity index (χ4v) is 4.51. The Hall–Kier alpha value is -3.32. The van der Waals surface area contributed by atoms with Crippen molar-refractivity contribution in [2.75, 3.05) is 26.7 Å². The van der Waals surface area contributed by atoms with Crippen LogP contribution in [0.15, 0.2) is 54.6 Å². The monoisotopic (exact) mass is 447 g/mol. The molecule has 1 unspecified atom stereocenters. The fourth-order valence-electron chi connectivity index (χ4n) is 4.51. The lowest BCUT2D eigenvalue weighted by molar-refractivity contribution is 0.220. The van der Waals surface area contributed by atoms with Gasteiger partial charge in [-0.05, 0) is 69.6 Å². The minimum absolute atomic E-state index is 0.147. The molecule has 174 valence electrons. The first-order valence-corrected chi connectivity index (χ1v) is 11.6. The van der Waals surface area contributed by atoms with Crippen molar-refractivity contribution in [3.05, 3.63) is 77.1 Å². The van der Waals surface area contributed by atoms with Gasteiger partial charge in [-0.15, -0.1) is 0 Å². The number of ether oxygens (including phenoxy) is 1. The number of para-hydroxylation sites is 1. The number of urea groups is 1. The fraction of sp³-hybridized carbons (Fsp3) is 0.385. The summed E-state index contributed by atoms with van der Waals surface area (Å²) in [6.45, 7) is 7.12. The van der Waals surface area contributed by atoms with E-state index in [9.17, 15) is 4.79 Å². The molecule has 1 atom stereocenters. The van der Waals surface area contributed by atoms with Crippen LogP contribution in [-0.2, 0) is 6.54 Å². The topological polar surface area (TPSA) is 71.4 Å². The van der Waals surface area contributed by atoms with Crippen LogP contribution in [0.4, 0.5) is 4.79 Å². The molecule has 0 spiro atoms. The molecule has 2 aromatic carbocycles. The van der Waals surface area contributed by atoms with Crippen LogP contribution in [-0.4, -0.2) is 47.5 Å². The Kier molecular flexibility index (Phi) is 7.29. The second kappa shape index (κ2) is 10.5. The van der Waals surface area contributed by atoms with Crippen molar-refractivity contribution < 1.29 is 9.53 Å². The summed E-state index contributed by atoms with van der Waals surface area (Å²) in [6, 6.07) is 18.2. The van der Waals surface area contributed by atoms with Gasteiger partial charge in [0.1, 0.15) is 5.75 Å². The van der Waals surface area contributed by atoms with Crippen molar-refractivity contribution in [2.45, 2.75) is 39.3 Å². The quantitative estimate of drug-likeness (QED) is 0.545. The van der Waals surface area contributed by atoms with Gasteiger partial charge in [-0.2, -0.15) is 5.10 Å². The van der Waals surface area contributed by atoms with Crippen molar-refractivity contribution >= 4 is 6.03 Å². The standard InChI is InChI=1S/C26H33N5O2/c1-19-24(20(2)31(29-19)22-9-5-4-6-10-22)17-27-26(32)28-18-25(30-15-7-8-16-30)21-11-13-23(33-3)14-12-21/h4-6,9-14,25H,7-8,15-18H2,1-3H3,(H2,27,28,32). The molecule has 3 aromatic rings. The van der Waals surface area contributed by atoms with Gasteiger partial charge in [-0.25, -0.2) is 9.48 Å². The maximum Gasteiger partial charge on any atom is 0.315 e. The first-order valence-electron chi connectivity index (χ1n) is 11.6. The molecule has 7 nitrogen and oxygen atoms in total. The molecular formula is C26H33N5O2. The smallest absolute Gasteiger partial charge is 0.315 e. The van der Waals surface area contributed by atoms with Gasteiger partial charge in [-0.1, -0.05) is 30.3 Å². The molecule has 0 saturated carbocycles. The largest absolute Gasteiger partial charge is 0.497 e. The van der Waals surface area contributed by atoms with Crippen LogP contribution in [0.25, 0.3) is 5.69 Å². The Bertz CT molecular complexity index is 1060. The molecule has 2 N–H and O–H groups in total. The Morgan fingerprint density at radius 3 is 2.39 bits per heavy atom. The molecule has 7 heteroatoms. The highest BCUT2D eigenvalue weighted by Gasteiger charge is 2.24. The minimum Gasteiger partial charge on any atom is -0.497 e. The van der Waals surface area contributed by atoms with Crippen molar-refractivity contribution in [3.63, 3.8) is 0 Å².